The lowest BCUT2D eigenvalue weighted by Gasteiger charge is -2.31. The second kappa shape index (κ2) is 7.09. The van der Waals surface area contributed by atoms with Crippen molar-refractivity contribution in [1.82, 2.24) is 5.32 Å². The summed E-state index contributed by atoms with van der Waals surface area (Å²) >= 11 is 0. The number of nitrogens with two attached hydrogens (primary N) is 1. The summed E-state index contributed by atoms with van der Waals surface area (Å²) in [5.74, 6) is -0.171. The summed E-state index contributed by atoms with van der Waals surface area (Å²) in [6, 6.07) is 18.6. The van der Waals surface area contributed by atoms with Crippen LogP contribution in [0, 0.1) is 5.92 Å². The molecule has 0 aromatic heterocycles. The lowest BCUT2D eigenvalue weighted by molar-refractivity contribution is -0.130. The molecule has 1 fully saturated rings. The van der Waals surface area contributed by atoms with Crippen molar-refractivity contribution in [2.45, 2.75) is 37.6 Å². The van der Waals surface area contributed by atoms with Crippen LogP contribution in [-0.2, 0) is 15.0 Å². The first-order chi connectivity index (χ1) is 12.0. The second-order valence-electron chi connectivity index (χ2n) is 6.96. The summed E-state index contributed by atoms with van der Waals surface area (Å²) in [6.45, 7) is 1.89. The molecule has 0 heterocycles. The summed E-state index contributed by atoms with van der Waals surface area (Å²) in [5.41, 5.74) is 6.40. The van der Waals surface area contributed by atoms with E-state index >= 15 is 0 Å². The Hall–Kier alpha value is -2.62. The van der Waals surface area contributed by atoms with E-state index in [2.05, 4.69) is 5.32 Å². The maximum atomic E-state index is 13.3. The molecule has 0 radical (unpaired) electrons. The van der Waals surface area contributed by atoms with E-state index in [9.17, 15) is 9.59 Å². The normalized spacial score (nSPS) is 15.4. The van der Waals surface area contributed by atoms with Gasteiger partial charge in [0.15, 0.2) is 0 Å². The van der Waals surface area contributed by atoms with Crippen LogP contribution in [0.1, 0.15) is 37.3 Å². The molecule has 130 valence electrons. The third-order valence-electron chi connectivity index (χ3n) is 5.07. The predicted molar refractivity (Wildman–Crippen MR) is 97.8 cm³/mol. The Morgan fingerprint density at radius 2 is 1.52 bits per heavy atom. The largest absolute Gasteiger partial charge is 0.368 e. The van der Waals surface area contributed by atoms with Crippen molar-refractivity contribution >= 4 is 11.8 Å². The summed E-state index contributed by atoms with van der Waals surface area (Å²) < 4.78 is 0. The number of hydrogen-bond acceptors (Lipinski definition) is 2. The van der Waals surface area contributed by atoms with Gasteiger partial charge in [-0.15, -0.1) is 0 Å². The average molecular weight is 336 g/mol. The van der Waals surface area contributed by atoms with Crippen LogP contribution in [0.5, 0.6) is 0 Å². The first-order valence-corrected chi connectivity index (χ1v) is 8.73. The molecule has 2 aromatic rings. The molecule has 0 spiro atoms. The Morgan fingerprint density at radius 1 is 1.04 bits per heavy atom. The van der Waals surface area contributed by atoms with Gasteiger partial charge in [-0.2, -0.15) is 0 Å². The highest BCUT2D eigenvalue weighted by Crippen LogP contribution is 2.35. The first kappa shape index (κ1) is 17.2. The summed E-state index contributed by atoms with van der Waals surface area (Å²) in [7, 11) is 0. The zero-order valence-electron chi connectivity index (χ0n) is 14.4. The van der Waals surface area contributed by atoms with Crippen molar-refractivity contribution in [1.29, 1.82) is 0 Å². The minimum Gasteiger partial charge on any atom is -0.368 e. The van der Waals surface area contributed by atoms with Gasteiger partial charge in [0.1, 0.15) is 6.04 Å². The first-order valence-electron chi connectivity index (χ1n) is 8.73. The van der Waals surface area contributed by atoms with Gasteiger partial charge in [-0.3, -0.25) is 9.59 Å². The molecule has 0 bridgehead atoms. The van der Waals surface area contributed by atoms with Crippen LogP contribution in [0.2, 0.25) is 0 Å². The summed E-state index contributed by atoms with van der Waals surface area (Å²) in [6.07, 6.45) is 2.84. The number of carbonyl (C=O) groups excluding carboxylic acids is 2. The van der Waals surface area contributed by atoms with Crippen LogP contribution in [0.4, 0.5) is 0 Å². The van der Waals surface area contributed by atoms with Crippen molar-refractivity contribution in [2.75, 3.05) is 0 Å². The zero-order valence-corrected chi connectivity index (χ0v) is 14.4. The van der Waals surface area contributed by atoms with E-state index in [0.717, 1.165) is 24.0 Å². The molecule has 4 heteroatoms. The van der Waals surface area contributed by atoms with Crippen molar-refractivity contribution in [3.8, 4) is 0 Å². The molecular formula is C21H24N2O2. The Balaban J connectivity index is 1.93. The lowest BCUT2D eigenvalue weighted by atomic mass is 9.75. The molecule has 3 N–H and O–H groups in total. The number of amides is 2. The van der Waals surface area contributed by atoms with Crippen LogP contribution in [-0.4, -0.2) is 17.9 Å². The van der Waals surface area contributed by atoms with Gasteiger partial charge in [-0.05, 0) is 30.4 Å². The number of benzene rings is 2. The molecule has 0 aliphatic heterocycles. The minimum absolute atomic E-state index is 0.200. The molecule has 25 heavy (non-hydrogen) atoms. The van der Waals surface area contributed by atoms with Crippen molar-refractivity contribution in [3.63, 3.8) is 0 Å². The van der Waals surface area contributed by atoms with Crippen LogP contribution in [0.25, 0.3) is 0 Å². The maximum Gasteiger partial charge on any atom is 0.240 e. The predicted octanol–water partition coefficient (Wildman–Crippen LogP) is 2.76. The highest BCUT2D eigenvalue weighted by molar-refractivity contribution is 5.95. The lowest BCUT2D eigenvalue weighted by Crippen LogP contribution is -2.51. The number of nitrogens with one attached hydrogen (secondary N) is 1. The van der Waals surface area contributed by atoms with Crippen molar-refractivity contribution in [3.05, 3.63) is 71.8 Å². The molecule has 2 amide bonds. The smallest absolute Gasteiger partial charge is 0.240 e. The topological polar surface area (TPSA) is 72.2 Å². The van der Waals surface area contributed by atoms with E-state index in [-0.39, 0.29) is 5.91 Å². The number of hydrogen-bond donors (Lipinski definition) is 2. The van der Waals surface area contributed by atoms with Crippen LogP contribution in [0.15, 0.2) is 60.7 Å². The minimum atomic E-state index is -0.889. The van der Waals surface area contributed by atoms with E-state index in [1.165, 1.54) is 0 Å². The molecule has 1 saturated carbocycles. The Morgan fingerprint density at radius 3 is 1.92 bits per heavy atom. The van der Waals surface area contributed by atoms with Crippen LogP contribution < -0.4 is 11.1 Å². The standard InChI is InChI=1S/C21H24N2O2/c1-21(16-8-4-2-5-9-16,17-10-6-3-7-11-17)20(25)23-18(19(22)24)14-15-12-13-15/h2-11,15,18H,12-14H2,1H3,(H2,22,24)(H,23,25)/t18-/m1/s1. The van der Waals surface area contributed by atoms with E-state index in [1.807, 2.05) is 67.6 Å². The van der Waals surface area contributed by atoms with E-state index in [0.29, 0.717) is 12.3 Å². The van der Waals surface area contributed by atoms with Gasteiger partial charge in [0.2, 0.25) is 11.8 Å². The molecule has 3 rings (SSSR count). The van der Waals surface area contributed by atoms with Crippen LogP contribution >= 0.6 is 0 Å². The van der Waals surface area contributed by atoms with Gasteiger partial charge in [-0.25, -0.2) is 0 Å². The Bertz CT molecular complexity index is 700. The summed E-state index contributed by atoms with van der Waals surface area (Å²) in [5, 5.41) is 2.91. The number of rotatable bonds is 7. The highest BCUT2D eigenvalue weighted by atomic mass is 16.2. The molecular weight excluding hydrogens is 312 g/mol. The molecule has 1 atom stereocenters. The molecule has 1 aliphatic rings. The van der Waals surface area contributed by atoms with Gasteiger partial charge in [0.05, 0.1) is 5.41 Å². The van der Waals surface area contributed by atoms with Crippen LogP contribution in [0.3, 0.4) is 0 Å². The van der Waals surface area contributed by atoms with E-state index in [1.54, 1.807) is 0 Å². The maximum absolute atomic E-state index is 13.3. The summed E-state index contributed by atoms with van der Waals surface area (Å²) in [4.78, 5) is 25.1. The molecule has 2 aromatic carbocycles. The number of carbonyl (C=O) groups is 2. The van der Waals surface area contributed by atoms with E-state index in [4.69, 9.17) is 5.73 Å². The monoisotopic (exact) mass is 336 g/mol. The third kappa shape index (κ3) is 3.73. The Labute approximate surface area is 148 Å². The average Bonchev–Trinajstić information content (AvgIpc) is 3.46. The molecule has 0 saturated heterocycles. The SMILES string of the molecule is CC(C(=O)N[C@H](CC1CC1)C(N)=O)(c1ccccc1)c1ccccc1. The van der Waals surface area contributed by atoms with Gasteiger partial charge in [0, 0.05) is 0 Å². The third-order valence-corrected chi connectivity index (χ3v) is 5.07. The molecule has 1 aliphatic carbocycles. The fourth-order valence-corrected chi connectivity index (χ4v) is 3.21. The molecule has 4 nitrogen and oxygen atoms in total. The number of primary amides is 1. The van der Waals surface area contributed by atoms with Gasteiger partial charge < -0.3 is 11.1 Å². The molecule has 0 unspecified atom stereocenters. The van der Waals surface area contributed by atoms with Gasteiger partial charge in [-0.1, -0.05) is 73.5 Å². The highest BCUT2D eigenvalue weighted by Gasteiger charge is 2.39. The zero-order chi connectivity index (χ0) is 17.9. The van der Waals surface area contributed by atoms with Crippen molar-refractivity contribution in [2.24, 2.45) is 11.7 Å². The van der Waals surface area contributed by atoms with Crippen molar-refractivity contribution < 1.29 is 9.59 Å². The quantitative estimate of drug-likeness (QED) is 0.816. The fourth-order valence-electron chi connectivity index (χ4n) is 3.21. The Kier molecular flexibility index (Phi) is 4.88. The van der Waals surface area contributed by atoms with Gasteiger partial charge in [0.25, 0.3) is 0 Å². The fraction of sp³-hybridized carbons (Fsp3) is 0.333. The van der Waals surface area contributed by atoms with Gasteiger partial charge >= 0.3 is 0 Å². The van der Waals surface area contributed by atoms with E-state index < -0.39 is 17.4 Å². The second-order valence-corrected chi connectivity index (χ2v) is 6.96.